The van der Waals surface area contributed by atoms with E-state index in [1.165, 1.54) is 11.8 Å². The van der Waals surface area contributed by atoms with Gasteiger partial charge in [-0.1, -0.05) is 48.8 Å². The van der Waals surface area contributed by atoms with Gasteiger partial charge in [-0.05, 0) is 43.2 Å². The highest BCUT2D eigenvalue weighted by Crippen LogP contribution is 2.26. The van der Waals surface area contributed by atoms with Gasteiger partial charge in [0.25, 0.3) is 5.56 Å². The molecule has 2 aromatic heterocycles. The summed E-state index contributed by atoms with van der Waals surface area (Å²) in [6, 6.07) is 8.39. The van der Waals surface area contributed by atoms with Gasteiger partial charge in [0.05, 0.1) is 21.8 Å². The maximum absolute atomic E-state index is 13.0. The highest BCUT2D eigenvalue weighted by molar-refractivity contribution is 8.00. The zero-order chi connectivity index (χ0) is 21.1. The van der Waals surface area contributed by atoms with Crippen molar-refractivity contribution in [2.24, 2.45) is 5.92 Å². The lowest BCUT2D eigenvalue weighted by atomic mass is 10.2. The van der Waals surface area contributed by atoms with E-state index < -0.39 is 5.25 Å². The standard InChI is InChI=1S/C20H20Cl2N4O2S/c1-11(2)10-26-19(28)14-9-13(21)6-7-15(14)25-20(26)29-12(3)18(27)24-16-5-4-8-23-17(16)22/h4-9,11-12H,10H2,1-3H3,(H,24,27). The molecule has 0 saturated carbocycles. The van der Waals surface area contributed by atoms with Gasteiger partial charge in [-0.2, -0.15) is 0 Å². The van der Waals surface area contributed by atoms with Crippen molar-refractivity contribution in [1.82, 2.24) is 14.5 Å². The molecule has 1 N–H and O–H groups in total. The fraction of sp³-hybridized carbons (Fsp3) is 0.300. The molecule has 1 aromatic carbocycles. The third kappa shape index (κ3) is 5.10. The van der Waals surface area contributed by atoms with E-state index in [0.717, 1.165) is 0 Å². The van der Waals surface area contributed by atoms with Crippen LogP contribution in [0.3, 0.4) is 0 Å². The molecule has 9 heteroatoms. The molecule has 6 nitrogen and oxygen atoms in total. The van der Waals surface area contributed by atoms with Crippen LogP contribution in [-0.4, -0.2) is 25.7 Å². The van der Waals surface area contributed by atoms with E-state index in [9.17, 15) is 9.59 Å². The second-order valence-electron chi connectivity index (χ2n) is 6.96. The number of nitrogens with one attached hydrogen (secondary N) is 1. The van der Waals surface area contributed by atoms with Gasteiger partial charge >= 0.3 is 0 Å². The van der Waals surface area contributed by atoms with Crippen LogP contribution in [0.25, 0.3) is 10.9 Å². The van der Waals surface area contributed by atoms with Gasteiger partial charge in [0.15, 0.2) is 10.3 Å². The number of fused-ring (bicyclic) bond motifs is 1. The van der Waals surface area contributed by atoms with Crippen molar-refractivity contribution in [2.45, 2.75) is 37.7 Å². The first-order valence-electron chi connectivity index (χ1n) is 9.04. The average Bonchev–Trinajstić information content (AvgIpc) is 2.67. The molecule has 0 radical (unpaired) electrons. The summed E-state index contributed by atoms with van der Waals surface area (Å²) in [5.41, 5.74) is 0.814. The van der Waals surface area contributed by atoms with Gasteiger partial charge in [0.1, 0.15) is 0 Å². The molecule has 0 aliphatic carbocycles. The number of halogens is 2. The average molecular weight is 451 g/mol. The van der Waals surface area contributed by atoms with Crippen LogP contribution in [0.5, 0.6) is 0 Å². The first kappa shape index (κ1) is 21.6. The molecule has 1 atom stereocenters. The van der Waals surface area contributed by atoms with Gasteiger partial charge in [-0.3, -0.25) is 14.2 Å². The summed E-state index contributed by atoms with van der Waals surface area (Å²) in [5, 5.41) is 3.89. The van der Waals surface area contributed by atoms with Crippen molar-refractivity contribution in [3.63, 3.8) is 0 Å². The molecule has 152 valence electrons. The Hall–Kier alpha value is -2.09. The topological polar surface area (TPSA) is 76.9 Å². The number of hydrogen-bond donors (Lipinski definition) is 1. The zero-order valence-electron chi connectivity index (χ0n) is 16.1. The van der Waals surface area contributed by atoms with Crippen LogP contribution in [0, 0.1) is 5.92 Å². The third-order valence-electron chi connectivity index (χ3n) is 4.10. The summed E-state index contributed by atoms with van der Waals surface area (Å²) in [6.07, 6.45) is 1.55. The van der Waals surface area contributed by atoms with Crippen molar-refractivity contribution in [3.8, 4) is 0 Å². The molecule has 0 bridgehead atoms. The number of aromatic nitrogens is 3. The lowest BCUT2D eigenvalue weighted by Crippen LogP contribution is -2.28. The van der Waals surface area contributed by atoms with Crippen molar-refractivity contribution in [1.29, 1.82) is 0 Å². The molecule has 3 aromatic rings. The predicted octanol–water partition coefficient (Wildman–Crippen LogP) is 4.87. The van der Waals surface area contributed by atoms with Crippen molar-refractivity contribution in [2.75, 3.05) is 5.32 Å². The summed E-state index contributed by atoms with van der Waals surface area (Å²) in [5.74, 6) is -0.0322. The number of nitrogens with zero attached hydrogens (tertiary/aromatic N) is 3. The number of pyridine rings is 1. The monoisotopic (exact) mass is 450 g/mol. The highest BCUT2D eigenvalue weighted by Gasteiger charge is 2.21. The molecule has 2 heterocycles. The van der Waals surface area contributed by atoms with E-state index >= 15 is 0 Å². The van der Waals surface area contributed by atoms with Crippen LogP contribution in [0.15, 0.2) is 46.5 Å². The Morgan fingerprint density at radius 2 is 2.00 bits per heavy atom. The number of rotatable bonds is 6. The Kier molecular flexibility index (Phi) is 6.82. The maximum atomic E-state index is 13.0. The molecule has 3 rings (SSSR count). The Morgan fingerprint density at radius 3 is 2.69 bits per heavy atom. The third-order valence-corrected chi connectivity index (χ3v) is 5.72. The zero-order valence-corrected chi connectivity index (χ0v) is 18.5. The van der Waals surface area contributed by atoms with Gasteiger partial charge in [0, 0.05) is 17.8 Å². The predicted molar refractivity (Wildman–Crippen MR) is 119 cm³/mol. The second-order valence-corrected chi connectivity index (χ2v) is 9.06. The van der Waals surface area contributed by atoms with E-state index in [-0.39, 0.29) is 22.5 Å². The quantitative estimate of drug-likeness (QED) is 0.329. The number of carbonyl (C=O) groups excluding carboxylic acids is 1. The minimum atomic E-state index is -0.513. The molecule has 0 aliphatic rings. The molecule has 0 spiro atoms. The smallest absolute Gasteiger partial charge is 0.262 e. The minimum absolute atomic E-state index is 0.170. The van der Waals surface area contributed by atoms with Gasteiger partial charge in [-0.15, -0.1) is 0 Å². The molecule has 0 saturated heterocycles. The first-order chi connectivity index (χ1) is 13.8. The summed E-state index contributed by atoms with van der Waals surface area (Å²) in [4.78, 5) is 34.3. The van der Waals surface area contributed by atoms with E-state index in [4.69, 9.17) is 23.2 Å². The molecule has 29 heavy (non-hydrogen) atoms. The summed E-state index contributed by atoms with van der Waals surface area (Å²) in [7, 11) is 0. The molecule has 1 unspecified atom stereocenters. The summed E-state index contributed by atoms with van der Waals surface area (Å²) in [6.45, 7) is 6.27. The molecule has 0 fully saturated rings. The van der Waals surface area contributed by atoms with Crippen LogP contribution < -0.4 is 10.9 Å². The highest BCUT2D eigenvalue weighted by atomic mass is 35.5. The number of benzene rings is 1. The summed E-state index contributed by atoms with van der Waals surface area (Å²) >= 11 is 13.3. The Labute approximate surface area is 182 Å². The Balaban J connectivity index is 1.93. The Morgan fingerprint density at radius 1 is 1.24 bits per heavy atom. The summed E-state index contributed by atoms with van der Waals surface area (Å²) < 4.78 is 1.61. The largest absolute Gasteiger partial charge is 0.322 e. The normalized spacial score (nSPS) is 12.3. The minimum Gasteiger partial charge on any atom is -0.322 e. The van der Waals surface area contributed by atoms with Gasteiger partial charge in [0.2, 0.25) is 5.91 Å². The lowest BCUT2D eigenvalue weighted by molar-refractivity contribution is -0.115. The van der Waals surface area contributed by atoms with E-state index in [0.29, 0.717) is 33.3 Å². The maximum Gasteiger partial charge on any atom is 0.262 e. The van der Waals surface area contributed by atoms with Crippen molar-refractivity contribution >= 4 is 57.5 Å². The van der Waals surface area contributed by atoms with Crippen LogP contribution in [0.2, 0.25) is 10.2 Å². The van der Waals surface area contributed by atoms with Gasteiger partial charge in [-0.25, -0.2) is 9.97 Å². The number of amides is 1. The van der Waals surface area contributed by atoms with E-state index in [1.54, 1.807) is 48.0 Å². The van der Waals surface area contributed by atoms with Crippen LogP contribution >= 0.6 is 35.0 Å². The fourth-order valence-corrected chi connectivity index (χ4v) is 3.97. The molecular formula is C20H20Cl2N4O2S. The molecule has 1 amide bonds. The number of carbonyl (C=O) groups is 1. The van der Waals surface area contributed by atoms with Crippen molar-refractivity contribution < 1.29 is 4.79 Å². The van der Waals surface area contributed by atoms with Crippen LogP contribution in [0.1, 0.15) is 20.8 Å². The first-order valence-corrected chi connectivity index (χ1v) is 10.7. The number of anilines is 1. The lowest BCUT2D eigenvalue weighted by Gasteiger charge is -2.17. The van der Waals surface area contributed by atoms with Crippen LogP contribution in [0.4, 0.5) is 5.69 Å². The number of thioether (sulfide) groups is 1. The molecule has 0 aliphatic heterocycles. The van der Waals surface area contributed by atoms with Gasteiger partial charge < -0.3 is 5.32 Å². The molecular weight excluding hydrogens is 431 g/mol. The van der Waals surface area contributed by atoms with Crippen molar-refractivity contribution in [3.05, 3.63) is 57.1 Å². The Bertz CT molecular complexity index is 1120. The fourth-order valence-electron chi connectivity index (χ4n) is 2.71. The number of hydrogen-bond acceptors (Lipinski definition) is 5. The van der Waals surface area contributed by atoms with Crippen LogP contribution in [-0.2, 0) is 11.3 Å². The van der Waals surface area contributed by atoms with E-state index in [2.05, 4.69) is 15.3 Å². The van der Waals surface area contributed by atoms with E-state index in [1.807, 2.05) is 13.8 Å². The SMILES string of the molecule is CC(C)Cn1c(SC(C)C(=O)Nc2cccnc2Cl)nc2ccc(Cl)cc2c1=O. The second kappa shape index (κ2) is 9.15.